The van der Waals surface area contributed by atoms with Gasteiger partial charge in [0.25, 0.3) is 0 Å². The summed E-state index contributed by atoms with van der Waals surface area (Å²) in [5, 5.41) is 0. The highest BCUT2D eigenvalue weighted by Crippen LogP contribution is 2.17. The first-order valence-corrected chi connectivity index (χ1v) is 6.98. The van der Waals surface area contributed by atoms with Gasteiger partial charge in [-0.25, -0.2) is 0 Å². The molecule has 1 aromatic rings. The molecule has 3 heteroatoms. The Hall–Kier alpha value is -1.64. The molecule has 0 bridgehead atoms. The van der Waals surface area contributed by atoms with E-state index in [9.17, 15) is 9.59 Å². The quantitative estimate of drug-likeness (QED) is 0.833. The van der Waals surface area contributed by atoms with Gasteiger partial charge in [-0.1, -0.05) is 37.3 Å². The lowest BCUT2D eigenvalue weighted by Gasteiger charge is -2.19. The van der Waals surface area contributed by atoms with E-state index in [-0.39, 0.29) is 18.2 Å². The monoisotopic (exact) mass is 259 g/mol. The molecule has 3 nitrogen and oxygen atoms in total. The van der Waals surface area contributed by atoms with Gasteiger partial charge in [-0.2, -0.15) is 0 Å². The molecule has 1 unspecified atom stereocenters. The van der Waals surface area contributed by atoms with Gasteiger partial charge in [0, 0.05) is 19.4 Å². The molecular weight excluding hydrogens is 238 g/mol. The van der Waals surface area contributed by atoms with Gasteiger partial charge >= 0.3 is 0 Å². The summed E-state index contributed by atoms with van der Waals surface area (Å²) in [6.07, 6.45) is 2.95. The van der Waals surface area contributed by atoms with Crippen LogP contribution in [0.15, 0.2) is 30.3 Å². The predicted molar refractivity (Wildman–Crippen MR) is 74.7 cm³/mol. The smallest absolute Gasteiger partial charge is 0.222 e. The molecule has 2 rings (SSSR count). The van der Waals surface area contributed by atoms with Crippen molar-refractivity contribution in [1.29, 1.82) is 0 Å². The second kappa shape index (κ2) is 6.50. The Bertz CT molecular complexity index is 441. The van der Waals surface area contributed by atoms with Crippen LogP contribution in [-0.4, -0.2) is 29.7 Å². The summed E-state index contributed by atoms with van der Waals surface area (Å²) in [5.41, 5.74) is 1.02. The second-order valence-corrected chi connectivity index (χ2v) is 5.45. The van der Waals surface area contributed by atoms with Crippen LogP contribution in [0.3, 0.4) is 0 Å². The number of carbonyl (C=O) groups excluding carboxylic acids is 2. The molecule has 1 aromatic carbocycles. The van der Waals surface area contributed by atoms with E-state index < -0.39 is 0 Å². The van der Waals surface area contributed by atoms with E-state index >= 15 is 0 Å². The van der Waals surface area contributed by atoms with Crippen LogP contribution in [0.1, 0.15) is 31.7 Å². The second-order valence-electron chi connectivity index (χ2n) is 5.45. The fourth-order valence-corrected chi connectivity index (χ4v) is 2.43. The molecule has 1 atom stereocenters. The van der Waals surface area contributed by atoms with Gasteiger partial charge in [-0.3, -0.25) is 9.59 Å². The zero-order valence-corrected chi connectivity index (χ0v) is 11.5. The van der Waals surface area contributed by atoms with Crippen molar-refractivity contribution < 1.29 is 9.59 Å². The maximum atomic E-state index is 12.0. The van der Waals surface area contributed by atoms with Crippen molar-refractivity contribution in [3.05, 3.63) is 35.9 Å². The lowest BCUT2D eigenvalue weighted by atomic mass is 10.0. The largest absolute Gasteiger partial charge is 0.335 e. The van der Waals surface area contributed by atoms with E-state index in [0.29, 0.717) is 18.8 Å². The van der Waals surface area contributed by atoms with E-state index in [0.717, 1.165) is 24.9 Å². The molecule has 0 aromatic heterocycles. The van der Waals surface area contributed by atoms with Gasteiger partial charge in [0.2, 0.25) is 5.91 Å². The average molecular weight is 259 g/mol. The maximum absolute atomic E-state index is 12.0. The standard InChI is InChI=1S/C16H21NO2/c1-13-7-8-16(19)17(10-9-13)12-15(18)11-14-5-3-2-4-6-14/h2-6,13H,7-12H2,1H3. The third-order valence-corrected chi connectivity index (χ3v) is 3.71. The Labute approximate surface area is 114 Å². The minimum atomic E-state index is 0.120. The first-order valence-electron chi connectivity index (χ1n) is 6.98. The molecule has 102 valence electrons. The number of amides is 1. The lowest BCUT2D eigenvalue weighted by molar-refractivity contribution is -0.134. The van der Waals surface area contributed by atoms with Gasteiger partial charge in [0.15, 0.2) is 5.78 Å². The van der Waals surface area contributed by atoms with Crippen LogP contribution < -0.4 is 0 Å². The minimum Gasteiger partial charge on any atom is -0.335 e. The summed E-state index contributed by atoms with van der Waals surface area (Å²) in [7, 11) is 0. The summed E-state index contributed by atoms with van der Waals surface area (Å²) in [6.45, 7) is 3.16. The van der Waals surface area contributed by atoms with Crippen molar-refractivity contribution in [2.45, 2.75) is 32.6 Å². The summed E-state index contributed by atoms with van der Waals surface area (Å²) < 4.78 is 0. The zero-order chi connectivity index (χ0) is 13.7. The SMILES string of the molecule is CC1CCC(=O)N(CC(=O)Cc2ccccc2)CC1. The number of Topliss-reactive ketones (excluding diaryl/α,β-unsaturated/α-hetero) is 1. The molecule has 19 heavy (non-hydrogen) atoms. The number of rotatable bonds is 4. The Balaban J connectivity index is 1.89. The van der Waals surface area contributed by atoms with Gasteiger partial charge in [-0.15, -0.1) is 0 Å². The molecule has 0 saturated carbocycles. The van der Waals surface area contributed by atoms with Crippen molar-refractivity contribution >= 4 is 11.7 Å². The molecular formula is C16H21NO2. The molecule has 0 N–H and O–H groups in total. The van der Waals surface area contributed by atoms with Crippen LogP contribution in [0.25, 0.3) is 0 Å². The van der Waals surface area contributed by atoms with Crippen molar-refractivity contribution in [3.8, 4) is 0 Å². The number of hydrogen-bond acceptors (Lipinski definition) is 2. The van der Waals surface area contributed by atoms with Crippen LogP contribution >= 0.6 is 0 Å². The van der Waals surface area contributed by atoms with E-state index in [1.165, 1.54) is 0 Å². The molecule has 1 saturated heterocycles. The number of hydrogen-bond donors (Lipinski definition) is 0. The molecule has 1 amide bonds. The Morgan fingerprint density at radius 1 is 1.26 bits per heavy atom. The lowest BCUT2D eigenvalue weighted by Crippen LogP contribution is -2.35. The zero-order valence-electron chi connectivity index (χ0n) is 11.5. The number of nitrogens with zero attached hydrogens (tertiary/aromatic N) is 1. The van der Waals surface area contributed by atoms with Crippen LogP contribution in [0.4, 0.5) is 0 Å². The fraction of sp³-hybridized carbons (Fsp3) is 0.500. The molecule has 1 heterocycles. The average Bonchev–Trinajstić information content (AvgIpc) is 2.55. The molecule has 1 aliphatic heterocycles. The highest BCUT2D eigenvalue weighted by Gasteiger charge is 2.21. The summed E-state index contributed by atoms with van der Waals surface area (Å²) in [4.78, 5) is 25.7. The summed E-state index contributed by atoms with van der Waals surface area (Å²) in [6, 6.07) is 9.70. The van der Waals surface area contributed by atoms with Crippen LogP contribution in [0, 0.1) is 5.92 Å². The van der Waals surface area contributed by atoms with Crippen LogP contribution in [-0.2, 0) is 16.0 Å². The number of likely N-dealkylation sites (tertiary alicyclic amines) is 1. The van der Waals surface area contributed by atoms with E-state index in [2.05, 4.69) is 6.92 Å². The molecule has 0 spiro atoms. The van der Waals surface area contributed by atoms with Crippen LogP contribution in [0.5, 0.6) is 0 Å². The van der Waals surface area contributed by atoms with Crippen molar-refractivity contribution in [2.75, 3.05) is 13.1 Å². The fourth-order valence-electron chi connectivity index (χ4n) is 2.43. The Morgan fingerprint density at radius 3 is 2.74 bits per heavy atom. The van der Waals surface area contributed by atoms with E-state index in [4.69, 9.17) is 0 Å². The number of ketones is 1. The maximum Gasteiger partial charge on any atom is 0.222 e. The Morgan fingerprint density at radius 2 is 2.00 bits per heavy atom. The van der Waals surface area contributed by atoms with Gasteiger partial charge < -0.3 is 4.90 Å². The number of benzene rings is 1. The van der Waals surface area contributed by atoms with E-state index in [1.54, 1.807) is 4.90 Å². The summed E-state index contributed by atoms with van der Waals surface area (Å²) in [5.74, 6) is 0.832. The normalized spacial score (nSPS) is 20.2. The third-order valence-electron chi connectivity index (χ3n) is 3.71. The highest BCUT2D eigenvalue weighted by atomic mass is 16.2. The predicted octanol–water partition coefficient (Wildman–Crippen LogP) is 2.45. The highest BCUT2D eigenvalue weighted by molar-refractivity contribution is 5.87. The number of carbonyl (C=O) groups is 2. The van der Waals surface area contributed by atoms with E-state index in [1.807, 2.05) is 30.3 Å². The molecule has 0 radical (unpaired) electrons. The van der Waals surface area contributed by atoms with Gasteiger partial charge in [-0.05, 0) is 24.3 Å². The van der Waals surface area contributed by atoms with Crippen molar-refractivity contribution in [3.63, 3.8) is 0 Å². The topological polar surface area (TPSA) is 37.4 Å². The van der Waals surface area contributed by atoms with Gasteiger partial charge in [0.1, 0.15) is 0 Å². The molecule has 1 aliphatic rings. The van der Waals surface area contributed by atoms with Crippen molar-refractivity contribution in [2.24, 2.45) is 5.92 Å². The third kappa shape index (κ3) is 4.19. The van der Waals surface area contributed by atoms with Crippen LogP contribution in [0.2, 0.25) is 0 Å². The minimum absolute atomic E-state index is 0.120. The molecule has 0 aliphatic carbocycles. The van der Waals surface area contributed by atoms with Gasteiger partial charge in [0.05, 0.1) is 6.54 Å². The first-order chi connectivity index (χ1) is 9.15. The first kappa shape index (κ1) is 13.8. The van der Waals surface area contributed by atoms with Crippen molar-refractivity contribution in [1.82, 2.24) is 4.90 Å². The Kier molecular flexibility index (Phi) is 4.72. The molecule has 1 fully saturated rings. The summed E-state index contributed by atoms with van der Waals surface area (Å²) >= 11 is 0.